The van der Waals surface area contributed by atoms with E-state index in [-0.39, 0.29) is 42.6 Å². The molecule has 4 fully saturated rings. The van der Waals surface area contributed by atoms with Gasteiger partial charge in [0.1, 0.15) is 12.1 Å². The lowest BCUT2D eigenvalue weighted by molar-refractivity contribution is -0.148. The van der Waals surface area contributed by atoms with E-state index in [0.29, 0.717) is 24.4 Å². The van der Waals surface area contributed by atoms with Crippen LogP contribution >= 0.6 is 0 Å². The third-order valence-corrected chi connectivity index (χ3v) is 9.12. The molecule has 3 heterocycles. The number of likely N-dealkylation sites (tertiary alicyclic amines) is 2. The fourth-order valence-electron chi connectivity index (χ4n) is 7.05. The number of fused-ring (bicyclic) bond motifs is 3. The summed E-state index contributed by atoms with van der Waals surface area (Å²) in [5, 5.41) is 13.0. The van der Waals surface area contributed by atoms with Gasteiger partial charge >= 0.3 is 0 Å². The molecule has 1 aromatic rings. The van der Waals surface area contributed by atoms with Crippen molar-refractivity contribution < 1.29 is 14.4 Å². The smallest absolute Gasteiger partial charge is 0.246 e. The summed E-state index contributed by atoms with van der Waals surface area (Å²) < 4.78 is 0. The van der Waals surface area contributed by atoms with Crippen molar-refractivity contribution in [1.29, 1.82) is 5.26 Å². The first-order chi connectivity index (χ1) is 17.2. The van der Waals surface area contributed by atoms with Gasteiger partial charge in [-0.3, -0.25) is 19.3 Å². The molecule has 1 N–H and O–H groups in total. The Kier molecular flexibility index (Phi) is 5.42. The zero-order valence-corrected chi connectivity index (χ0v) is 21.3. The summed E-state index contributed by atoms with van der Waals surface area (Å²) in [6.07, 6.45) is 5.20. The normalized spacial score (nSPS) is 33.3. The number of benzene rings is 1. The first kappa shape index (κ1) is 23.5. The van der Waals surface area contributed by atoms with Crippen molar-refractivity contribution in [3.05, 3.63) is 29.8 Å². The molecular weight excluding hydrogens is 454 g/mol. The minimum atomic E-state index is -0.923. The monoisotopic (exact) mass is 489 g/mol. The van der Waals surface area contributed by atoms with Crippen LogP contribution in [0.3, 0.4) is 0 Å². The van der Waals surface area contributed by atoms with Crippen molar-refractivity contribution in [2.24, 2.45) is 11.8 Å². The molecule has 3 amide bonds. The molecule has 5 aliphatic rings. The summed E-state index contributed by atoms with van der Waals surface area (Å²) in [6, 6.07) is 9.37. The first-order valence-electron chi connectivity index (χ1n) is 13.4. The maximum Gasteiger partial charge on any atom is 0.246 e. The Hall–Kier alpha value is -2.92. The summed E-state index contributed by atoms with van der Waals surface area (Å²) >= 11 is 0. The molecule has 1 aromatic carbocycles. The largest absolute Gasteiger partial charge is 0.332 e. The Morgan fingerprint density at radius 3 is 2.69 bits per heavy atom. The van der Waals surface area contributed by atoms with Crippen LogP contribution in [0.5, 0.6) is 0 Å². The second-order valence-corrected chi connectivity index (χ2v) is 12.0. The Morgan fingerprint density at radius 2 is 2.00 bits per heavy atom. The Bertz CT molecular complexity index is 1160. The van der Waals surface area contributed by atoms with Gasteiger partial charge in [-0.2, -0.15) is 5.26 Å². The van der Waals surface area contributed by atoms with E-state index in [1.807, 2.05) is 38.1 Å². The number of hydrogen-bond donors (Lipinski definition) is 1. The minimum absolute atomic E-state index is 0.0273. The van der Waals surface area contributed by atoms with Crippen LogP contribution < -0.4 is 5.32 Å². The number of carbonyl (C=O) groups excluding carboxylic acids is 3. The van der Waals surface area contributed by atoms with Gasteiger partial charge in [0, 0.05) is 37.8 Å². The molecule has 3 aliphatic heterocycles. The molecule has 0 radical (unpaired) electrons. The highest BCUT2D eigenvalue weighted by Crippen LogP contribution is 2.52. The van der Waals surface area contributed by atoms with E-state index < -0.39 is 17.5 Å². The predicted molar refractivity (Wildman–Crippen MR) is 134 cm³/mol. The van der Waals surface area contributed by atoms with E-state index in [1.54, 1.807) is 16.8 Å². The fraction of sp³-hybridized carbons (Fsp3) is 0.643. The second kappa shape index (κ2) is 8.31. The molecule has 36 heavy (non-hydrogen) atoms. The number of nitriles is 1. The predicted octanol–water partition coefficient (Wildman–Crippen LogP) is 2.50. The highest BCUT2D eigenvalue weighted by atomic mass is 16.2. The van der Waals surface area contributed by atoms with Gasteiger partial charge in [-0.05, 0) is 55.6 Å². The average Bonchev–Trinajstić information content (AvgIpc) is 3.77. The van der Waals surface area contributed by atoms with Crippen molar-refractivity contribution in [1.82, 2.24) is 14.7 Å². The summed E-state index contributed by atoms with van der Waals surface area (Å²) in [7, 11) is 1.76. The number of nitrogens with one attached hydrogen (secondary N) is 1. The molecule has 190 valence electrons. The Labute approximate surface area is 212 Å². The maximum atomic E-state index is 14.1. The maximum absolute atomic E-state index is 14.1. The number of carbonyl (C=O) groups is 3. The molecule has 8 nitrogen and oxygen atoms in total. The molecule has 2 saturated heterocycles. The number of hydrogen-bond acceptors (Lipinski definition) is 5. The third kappa shape index (κ3) is 3.54. The highest BCUT2D eigenvalue weighted by Gasteiger charge is 2.59. The Balaban J connectivity index is 1.26. The summed E-state index contributed by atoms with van der Waals surface area (Å²) in [5.41, 5.74) is 0.674. The Morgan fingerprint density at radius 1 is 1.25 bits per heavy atom. The van der Waals surface area contributed by atoms with E-state index >= 15 is 0 Å². The molecular formula is C28H35N5O3. The van der Waals surface area contributed by atoms with Crippen LogP contribution in [-0.2, 0) is 19.8 Å². The van der Waals surface area contributed by atoms with E-state index in [1.165, 1.54) is 6.42 Å². The molecule has 6 rings (SSSR count). The summed E-state index contributed by atoms with van der Waals surface area (Å²) in [5.74, 6) is 0.461. The number of nitrogens with zero attached hydrogens (tertiary/aromatic N) is 4. The standard InChI is InChI=1S/C28H35N5O3/c1-16(2)10-23(31(3)25(34)24-12-17-11-22(17)33(24)18-8-9-18)26(35)32-15-28(13-19(32)14-29)20-6-4-5-7-21(20)30-27(28)36/h4-7,16-19,22-24H,8-13,15H2,1-3H3,(H,30,36)/t17-,19+,22-,23+,24+,28+/m1/s1. The second-order valence-electron chi connectivity index (χ2n) is 12.0. The van der Waals surface area contributed by atoms with Gasteiger partial charge in [0.15, 0.2) is 0 Å². The van der Waals surface area contributed by atoms with Crippen LogP contribution in [0.25, 0.3) is 0 Å². The van der Waals surface area contributed by atoms with Gasteiger partial charge in [0.25, 0.3) is 0 Å². The van der Waals surface area contributed by atoms with E-state index in [9.17, 15) is 19.6 Å². The van der Waals surface area contributed by atoms with E-state index in [2.05, 4.69) is 16.3 Å². The molecule has 2 aliphatic carbocycles. The number of para-hydroxylation sites is 1. The van der Waals surface area contributed by atoms with Crippen LogP contribution in [0, 0.1) is 23.2 Å². The highest BCUT2D eigenvalue weighted by molar-refractivity contribution is 6.07. The summed E-state index contributed by atoms with van der Waals surface area (Å²) in [4.78, 5) is 46.7. The number of amides is 3. The SMILES string of the molecule is CC(C)C[C@@H](C(=O)N1C[C@]2(C[C@H]1C#N)C(=O)Nc1ccccc12)N(C)C(=O)[C@@H]1C[C@H]2C[C@H]2N1C1CC1. The van der Waals surface area contributed by atoms with E-state index in [4.69, 9.17) is 0 Å². The quantitative estimate of drug-likeness (QED) is 0.662. The molecule has 0 unspecified atom stereocenters. The van der Waals surface area contributed by atoms with Gasteiger partial charge in [-0.25, -0.2) is 0 Å². The molecule has 1 spiro atoms. The first-order valence-corrected chi connectivity index (χ1v) is 13.4. The molecule has 2 saturated carbocycles. The topological polar surface area (TPSA) is 96.7 Å². The minimum Gasteiger partial charge on any atom is -0.332 e. The number of rotatable bonds is 6. The zero-order chi connectivity index (χ0) is 25.4. The van der Waals surface area contributed by atoms with Crippen LogP contribution in [0.15, 0.2) is 24.3 Å². The number of piperidine rings is 1. The lowest BCUT2D eigenvalue weighted by atomic mass is 9.80. The van der Waals surface area contributed by atoms with Gasteiger partial charge in [0.05, 0.1) is 17.5 Å². The van der Waals surface area contributed by atoms with E-state index in [0.717, 1.165) is 30.5 Å². The average molecular weight is 490 g/mol. The van der Waals surface area contributed by atoms with Crippen LogP contribution in [0.4, 0.5) is 5.69 Å². The van der Waals surface area contributed by atoms with Crippen molar-refractivity contribution in [3.8, 4) is 6.07 Å². The van der Waals surface area contributed by atoms with Crippen molar-refractivity contribution in [3.63, 3.8) is 0 Å². The van der Waals surface area contributed by atoms with Gasteiger partial charge < -0.3 is 15.1 Å². The molecule has 6 atom stereocenters. The fourth-order valence-corrected chi connectivity index (χ4v) is 7.05. The molecule has 0 aromatic heterocycles. The van der Waals surface area contributed by atoms with Crippen LogP contribution in [0.2, 0.25) is 0 Å². The van der Waals surface area contributed by atoms with Crippen molar-refractivity contribution in [2.75, 3.05) is 18.9 Å². The van der Waals surface area contributed by atoms with Crippen LogP contribution in [-0.4, -0.2) is 76.2 Å². The summed E-state index contributed by atoms with van der Waals surface area (Å²) in [6.45, 7) is 4.26. The lowest BCUT2D eigenvalue weighted by Gasteiger charge is -2.36. The van der Waals surface area contributed by atoms with Crippen molar-refractivity contribution >= 4 is 23.4 Å². The zero-order valence-electron chi connectivity index (χ0n) is 21.3. The van der Waals surface area contributed by atoms with Crippen LogP contribution in [0.1, 0.15) is 57.9 Å². The van der Waals surface area contributed by atoms with Gasteiger partial charge in [-0.15, -0.1) is 0 Å². The third-order valence-electron chi connectivity index (χ3n) is 9.12. The van der Waals surface area contributed by atoms with Gasteiger partial charge in [-0.1, -0.05) is 32.0 Å². The number of likely N-dealkylation sites (N-methyl/N-ethyl adjacent to an activating group) is 1. The van der Waals surface area contributed by atoms with Crippen molar-refractivity contribution in [2.45, 2.75) is 88.0 Å². The van der Waals surface area contributed by atoms with Gasteiger partial charge in [0.2, 0.25) is 17.7 Å². The molecule has 8 heteroatoms. The number of anilines is 1. The lowest BCUT2D eigenvalue weighted by Crippen LogP contribution is -2.56. The molecule has 0 bridgehead atoms.